The van der Waals surface area contributed by atoms with Crippen molar-refractivity contribution in [2.24, 2.45) is 5.41 Å². The molecule has 1 aliphatic rings. The minimum Gasteiger partial charge on any atom is -0.390 e. The summed E-state index contributed by atoms with van der Waals surface area (Å²) in [6.07, 6.45) is 7.79. The summed E-state index contributed by atoms with van der Waals surface area (Å²) in [5, 5.41) is 10.2. The normalized spacial score (nSPS) is 25.8. The zero-order chi connectivity index (χ0) is 9.95. The monoisotopic (exact) mass is 184 g/mol. The lowest BCUT2D eigenvalue weighted by Crippen LogP contribution is -2.36. The largest absolute Gasteiger partial charge is 0.390 e. The molecule has 0 aromatic heterocycles. The molecule has 0 aliphatic heterocycles. The van der Waals surface area contributed by atoms with E-state index < -0.39 is 0 Å². The van der Waals surface area contributed by atoms with Crippen molar-refractivity contribution in [3.63, 3.8) is 0 Å². The first-order chi connectivity index (χ1) is 5.97. The molecule has 1 fully saturated rings. The van der Waals surface area contributed by atoms with E-state index in [0.29, 0.717) is 5.41 Å². The molecule has 0 aromatic rings. The molecule has 1 heteroatoms. The molecule has 0 spiro atoms. The molecule has 1 N–H and O–H groups in total. The Hall–Kier alpha value is -0.0400. The van der Waals surface area contributed by atoms with Crippen molar-refractivity contribution in [3.8, 4) is 0 Å². The molecule has 1 nitrogen and oxygen atoms in total. The lowest BCUT2D eigenvalue weighted by Gasteiger charge is -2.40. The summed E-state index contributed by atoms with van der Waals surface area (Å²) in [7, 11) is 0. The molecule has 0 radical (unpaired) electrons. The van der Waals surface area contributed by atoms with Gasteiger partial charge in [0.05, 0.1) is 5.60 Å². The van der Waals surface area contributed by atoms with E-state index in [1.165, 1.54) is 25.7 Å². The highest BCUT2D eigenvalue weighted by molar-refractivity contribution is 4.88. The Morgan fingerprint density at radius 2 is 1.62 bits per heavy atom. The van der Waals surface area contributed by atoms with Gasteiger partial charge in [-0.1, -0.05) is 33.6 Å². The maximum atomic E-state index is 10.2. The van der Waals surface area contributed by atoms with Crippen molar-refractivity contribution in [1.82, 2.24) is 0 Å². The lowest BCUT2D eigenvalue weighted by molar-refractivity contribution is -0.0334. The van der Waals surface area contributed by atoms with Gasteiger partial charge < -0.3 is 5.11 Å². The molecule has 13 heavy (non-hydrogen) atoms. The Balaban J connectivity index is 2.37. The van der Waals surface area contributed by atoms with Crippen molar-refractivity contribution < 1.29 is 5.11 Å². The van der Waals surface area contributed by atoms with Crippen LogP contribution in [0, 0.1) is 5.41 Å². The van der Waals surface area contributed by atoms with Crippen LogP contribution < -0.4 is 0 Å². The summed E-state index contributed by atoms with van der Waals surface area (Å²) in [4.78, 5) is 0. The van der Waals surface area contributed by atoms with Crippen LogP contribution in [0.5, 0.6) is 0 Å². The van der Waals surface area contributed by atoms with Crippen LogP contribution in [0.3, 0.4) is 0 Å². The molecule has 1 saturated carbocycles. The van der Waals surface area contributed by atoms with Gasteiger partial charge in [-0.15, -0.1) is 0 Å². The average molecular weight is 184 g/mol. The highest BCUT2D eigenvalue weighted by Crippen LogP contribution is 2.42. The second-order valence-electron chi connectivity index (χ2n) is 5.49. The molecule has 78 valence electrons. The summed E-state index contributed by atoms with van der Waals surface area (Å²) < 4.78 is 0. The van der Waals surface area contributed by atoms with Gasteiger partial charge in [0.25, 0.3) is 0 Å². The third-order valence-corrected chi connectivity index (χ3v) is 3.53. The molecule has 0 saturated heterocycles. The van der Waals surface area contributed by atoms with Gasteiger partial charge in [0.2, 0.25) is 0 Å². The summed E-state index contributed by atoms with van der Waals surface area (Å²) in [6, 6.07) is 0. The van der Waals surface area contributed by atoms with E-state index in [1.54, 1.807) is 0 Å². The number of hydrogen-bond acceptors (Lipinski definition) is 1. The first-order valence-electron chi connectivity index (χ1n) is 5.70. The first-order valence-corrected chi connectivity index (χ1v) is 5.70. The van der Waals surface area contributed by atoms with E-state index in [-0.39, 0.29) is 5.60 Å². The van der Waals surface area contributed by atoms with E-state index in [4.69, 9.17) is 0 Å². The molecular formula is C12H24O. The van der Waals surface area contributed by atoms with Crippen LogP contribution in [0.2, 0.25) is 0 Å². The molecule has 0 amide bonds. The Labute approximate surface area is 82.5 Å². The third-order valence-electron chi connectivity index (χ3n) is 3.53. The Morgan fingerprint density at radius 3 is 2.08 bits per heavy atom. The molecule has 1 aliphatic carbocycles. The maximum absolute atomic E-state index is 10.2. The third kappa shape index (κ3) is 3.30. The van der Waals surface area contributed by atoms with Crippen LogP contribution in [-0.4, -0.2) is 10.7 Å². The van der Waals surface area contributed by atoms with Crippen molar-refractivity contribution >= 4 is 0 Å². The quantitative estimate of drug-likeness (QED) is 0.711. The van der Waals surface area contributed by atoms with Crippen LogP contribution >= 0.6 is 0 Å². The second-order valence-corrected chi connectivity index (χ2v) is 5.49. The van der Waals surface area contributed by atoms with E-state index in [1.807, 2.05) is 0 Å². The van der Waals surface area contributed by atoms with Crippen LogP contribution in [-0.2, 0) is 0 Å². The first kappa shape index (κ1) is 11.0. The van der Waals surface area contributed by atoms with E-state index >= 15 is 0 Å². The molecule has 0 atom stereocenters. The molecule has 1 rings (SSSR count). The fraction of sp³-hybridized carbons (Fsp3) is 1.00. The standard InChI is InChI=1S/C12H24O/c1-4-5-6-12(13)9-7-11(2,3)8-10-12/h13H,4-10H2,1-3H3. The summed E-state index contributed by atoms with van der Waals surface area (Å²) in [5.41, 5.74) is 0.157. The Kier molecular flexibility index (Phi) is 3.39. The van der Waals surface area contributed by atoms with Crippen molar-refractivity contribution in [2.45, 2.75) is 71.3 Å². The SMILES string of the molecule is CCCCC1(O)CCC(C)(C)CC1. The van der Waals surface area contributed by atoms with Gasteiger partial charge in [-0.3, -0.25) is 0 Å². The predicted molar refractivity (Wildman–Crippen MR) is 56.7 cm³/mol. The van der Waals surface area contributed by atoms with Gasteiger partial charge in [-0.25, -0.2) is 0 Å². The number of aliphatic hydroxyl groups is 1. The van der Waals surface area contributed by atoms with Gasteiger partial charge in [-0.05, 0) is 37.5 Å². The van der Waals surface area contributed by atoms with Gasteiger partial charge in [0.15, 0.2) is 0 Å². The minimum atomic E-state index is -0.314. The van der Waals surface area contributed by atoms with Crippen LogP contribution in [0.25, 0.3) is 0 Å². The van der Waals surface area contributed by atoms with Gasteiger partial charge in [-0.2, -0.15) is 0 Å². The highest BCUT2D eigenvalue weighted by atomic mass is 16.3. The predicted octanol–water partition coefficient (Wildman–Crippen LogP) is 3.51. The summed E-state index contributed by atoms with van der Waals surface area (Å²) in [5.74, 6) is 0. The fourth-order valence-corrected chi connectivity index (χ4v) is 2.15. The summed E-state index contributed by atoms with van der Waals surface area (Å²) >= 11 is 0. The summed E-state index contributed by atoms with van der Waals surface area (Å²) in [6.45, 7) is 6.81. The van der Waals surface area contributed by atoms with E-state index in [2.05, 4.69) is 20.8 Å². The zero-order valence-corrected chi connectivity index (χ0v) is 9.40. The smallest absolute Gasteiger partial charge is 0.0648 e. The van der Waals surface area contributed by atoms with Crippen LogP contribution in [0.15, 0.2) is 0 Å². The molecule has 0 bridgehead atoms. The average Bonchev–Trinajstić information content (AvgIpc) is 2.08. The Morgan fingerprint density at radius 1 is 1.08 bits per heavy atom. The maximum Gasteiger partial charge on any atom is 0.0648 e. The molecular weight excluding hydrogens is 160 g/mol. The van der Waals surface area contributed by atoms with Gasteiger partial charge >= 0.3 is 0 Å². The van der Waals surface area contributed by atoms with Gasteiger partial charge in [0, 0.05) is 0 Å². The van der Waals surface area contributed by atoms with E-state index in [0.717, 1.165) is 19.3 Å². The highest BCUT2D eigenvalue weighted by Gasteiger charge is 2.35. The number of hydrogen-bond donors (Lipinski definition) is 1. The number of rotatable bonds is 3. The molecule has 0 aromatic carbocycles. The van der Waals surface area contributed by atoms with E-state index in [9.17, 15) is 5.11 Å². The van der Waals surface area contributed by atoms with Crippen LogP contribution in [0.1, 0.15) is 65.7 Å². The minimum absolute atomic E-state index is 0.314. The fourth-order valence-electron chi connectivity index (χ4n) is 2.15. The van der Waals surface area contributed by atoms with Crippen LogP contribution in [0.4, 0.5) is 0 Å². The van der Waals surface area contributed by atoms with Gasteiger partial charge in [0.1, 0.15) is 0 Å². The molecule has 0 heterocycles. The number of unbranched alkanes of at least 4 members (excludes halogenated alkanes) is 1. The second kappa shape index (κ2) is 4.00. The molecule has 0 unspecified atom stereocenters. The Bertz CT molecular complexity index is 151. The van der Waals surface area contributed by atoms with Crippen molar-refractivity contribution in [3.05, 3.63) is 0 Å². The van der Waals surface area contributed by atoms with Crippen molar-refractivity contribution in [2.75, 3.05) is 0 Å². The topological polar surface area (TPSA) is 20.2 Å². The zero-order valence-electron chi connectivity index (χ0n) is 9.40. The van der Waals surface area contributed by atoms with Crippen molar-refractivity contribution in [1.29, 1.82) is 0 Å². The lowest BCUT2D eigenvalue weighted by atomic mass is 9.69.